The summed E-state index contributed by atoms with van der Waals surface area (Å²) < 4.78 is 0. The fourth-order valence-corrected chi connectivity index (χ4v) is 3.21. The van der Waals surface area contributed by atoms with E-state index in [-0.39, 0.29) is 6.61 Å². The Hall–Kier alpha value is -2.46. The lowest BCUT2D eigenvalue weighted by Gasteiger charge is -2.34. The molecule has 3 aromatic rings. The first-order chi connectivity index (χ1) is 12.8. The quantitative estimate of drug-likeness (QED) is 0.652. The number of aliphatic hydroxyl groups excluding tert-OH is 2. The van der Waals surface area contributed by atoms with Gasteiger partial charge in [-0.25, -0.2) is 0 Å². The Balaban J connectivity index is 1.86. The van der Waals surface area contributed by atoms with Crippen molar-refractivity contribution in [2.45, 2.75) is 25.2 Å². The van der Waals surface area contributed by atoms with Gasteiger partial charge in [0.1, 0.15) is 0 Å². The second kappa shape index (κ2) is 9.30. The summed E-state index contributed by atoms with van der Waals surface area (Å²) >= 11 is 0. The van der Waals surface area contributed by atoms with Gasteiger partial charge in [-0.3, -0.25) is 4.90 Å². The van der Waals surface area contributed by atoms with E-state index in [0.29, 0.717) is 13.1 Å². The van der Waals surface area contributed by atoms with Crippen LogP contribution in [0.3, 0.4) is 0 Å². The van der Waals surface area contributed by atoms with Gasteiger partial charge in [0.05, 0.1) is 18.8 Å². The number of nitrogens with zero attached hydrogens (tertiary/aromatic N) is 1. The van der Waals surface area contributed by atoms with Crippen molar-refractivity contribution in [3.05, 3.63) is 108 Å². The van der Waals surface area contributed by atoms with Crippen molar-refractivity contribution in [1.29, 1.82) is 0 Å². The lowest BCUT2D eigenvalue weighted by atomic mass is 10.00. The van der Waals surface area contributed by atoms with E-state index >= 15 is 0 Å². The van der Waals surface area contributed by atoms with Crippen LogP contribution in [0.25, 0.3) is 0 Å². The van der Waals surface area contributed by atoms with E-state index < -0.39 is 12.1 Å². The van der Waals surface area contributed by atoms with Crippen LogP contribution < -0.4 is 0 Å². The molecule has 0 unspecified atom stereocenters. The third-order valence-corrected chi connectivity index (χ3v) is 4.62. The highest BCUT2D eigenvalue weighted by Crippen LogP contribution is 2.24. The molecule has 0 aromatic heterocycles. The standard InChI is InChI=1S/C23H25NO2/c25-18-22(23(26)21-14-8-3-9-15-21)24(16-19-10-4-1-5-11-19)17-20-12-6-2-7-13-20/h1-15,22-23,25-26H,16-18H2/t22-,23-/m1/s1. The van der Waals surface area contributed by atoms with Crippen molar-refractivity contribution in [3.8, 4) is 0 Å². The largest absolute Gasteiger partial charge is 0.395 e. The van der Waals surface area contributed by atoms with Crippen LogP contribution in [0.1, 0.15) is 22.8 Å². The molecule has 2 N–H and O–H groups in total. The van der Waals surface area contributed by atoms with Gasteiger partial charge in [-0.2, -0.15) is 0 Å². The summed E-state index contributed by atoms with van der Waals surface area (Å²) in [4.78, 5) is 2.14. The van der Waals surface area contributed by atoms with Crippen LogP contribution in [0.4, 0.5) is 0 Å². The molecule has 3 aromatic carbocycles. The molecule has 0 saturated carbocycles. The van der Waals surface area contributed by atoms with E-state index in [9.17, 15) is 10.2 Å². The highest BCUT2D eigenvalue weighted by molar-refractivity contribution is 5.21. The van der Waals surface area contributed by atoms with Gasteiger partial charge in [0.15, 0.2) is 0 Å². The highest BCUT2D eigenvalue weighted by atomic mass is 16.3. The Morgan fingerprint density at radius 2 is 1.08 bits per heavy atom. The van der Waals surface area contributed by atoms with E-state index in [4.69, 9.17) is 0 Å². The normalized spacial score (nSPS) is 13.5. The summed E-state index contributed by atoms with van der Waals surface area (Å²) in [5.74, 6) is 0. The first kappa shape index (κ1) is 18.3. The monoisotopic (exact) mass is 347 g/mol. The van der Waals surface area contributed by atoms with Crippen LogP contribution in [-0.4, -0.2) is 27.8 Å². The number of aliphatic hydroxyl groups is 2. The maximum absolute atomic E-state index is 10.9. The first-order valence-electron chi connectivity index (χ1n) is 8.93. The fraction of sp³-hybridized carbons (Fsp3) is 0.217. The van der Waals surface area contributed by atoms with Crippen molar-refractivity contribution in [3.63, 3.8) is 0 Å². The molecule has 3 nitrogen and oxygen atoms in total. The van der Waals surface area contributed by atoms with Crippen molar-refractivity contribution in [2.24, 2.45) is 0 Å². The van der Waals surface area contributed by atoms with E-state index in [0.717, 1.165) is 16.7 Å². The molecule has 0 aliphatic heterocycles. The third-order valence-electron chi connectivity index (χ3n) is 4.62. The van der Waals surface area contributed by atoms with Crippen LogP contribution in [0.2, 0.25) is 0 Å². The van der Waals surface area contributed by atoms with E-state index in [1.165, 1.54) is 0 Å². The average Bonchev–Trinajstić information content (AvgIpc) is 2.70. The van der Waals surface area contributed by atoms with Crippen LogP contribution in [0.5, 0.6) is 0 Å². The maximum Gasteiger partial charge on any atom is 0.0967 e. The molecule has 3 rings (SSSR count). The summed E-state index contributed by atoms with van der Waals surface area (Å²) in [5.41, 5.74) is 3.13. The Morgan fingerprint density at radius 1 is 0.654 bits per heavy atom. The van der Waals surface area contributed by atoms with Crippen molar-refractivity contribution in [1.82, 2.24) is 4.90 Å². The predicted octanol–water partition coefficient (Wildman–Crippen LogP) is 3.78. The van der Waals surface area contributed by atoms with Crippen LogP contribution in [-0.2, 0) is 13.1 Å². The van der Waals surface area contributed by atoms with Gasteiger partial charge < -0.3 is 10.2 Å². The molecule has 0 aliphatic rings. The Bertz CT molecular complexity index is 720. The Labute approximate surface area is 155 Å². The predicted molar refractivity (Wildman–Crippen MR) is 104 cm³/mol. The summed E-state index contributed by atoms with van der Waals surface area (Å²) in [7, 11) is 0. The van der Waals surface area contributed by atoms with E-state index in [1.54, 1.807) is 0 Å². The van der Waals surface area contributed by atoms with Gasteiger partial charge in [0, 0.05) is 13.1 Å². The van der Waals surface area contributed by atoms with Gasteiger partial charge in [-0.1, -0.05) is 91.0 Å². The van der Waals surface area contributed by atoms with Crippen molar-refractivity contribution in [2.75, 3.05) is 6.61 Å². The lowest BCUT2D eigenvalue weighted by molar-refractivity contribution is 0.00593. The number of hydrogen-bond acceptors (Lipinski definition) is 3. The molecule has 0 bridgehead atoms. The molecule has 2 atom stereocenters. The molecule has 3 heteroatoms. The van der Waals surface area contributed by atoms with Gasteiger partial charge >= 0.3 is 0 Å². The highest BCUT2D eigenvalue weighted by Gasteiger charge is 2.27. The van der Waals surface area contributed by atoms with Gasteiger partial charge in [-0.05, 0) is 16.7 Å². The molecule has 0 heterocycles. The first-order valence-corrected chi connectivity index (χ1v) is 8.93. The molecule has 0 saturated heterocycles. The molecule has 0 fully saturated rings. The van der Waals surface area contributed by atoms with Crippen molar-refractivity contribution < 1.29 is 10.2 Å². The smallest absolute Gasteiger partial charge is 0.0967 e. The fourth-order valence-electron chi connectivity index (χ4n) is 3.21. The number of hydrogen-bond donors (Lipinski definition) is 2. The van der Waals surface area contributed by atoms with Crippen LogP contribution in [0.15, 0.2) is 91.0 Å². The van der Waals surface area contributed by atoms with E-state index in [2.05, 4.69) is 29.2 Å². The summed E-state index contributed by atoms with van der Waals surface area (Å²) in [6.45, 7) is 1.20. The minimum Gasteiger partial charge on any atom is -0.395 e. The minimum atomic E-state index is -0.756. The minimum absolute atomic E-state index is 0.115. The van der Waals surface area contributed by atoms with Gasteiger partial charge in [-0.15, -0.1) is 0 Å². The van der Waals surface area contributed by atoms with Crippen LogP contribution >= 0.6 is 0 Å². The number of rotatable bonds is 8. The van der Waals surface area contributed by atoms with Crippen LogP contribution in [0, 0.1) is 0 Å². The zero-order valence-corrected chi connectivity index (χ0v) is 14.8. The Morgan fingerprint density at radius 3 is 1.50 bits per heavy atom. The summed E-state index contributed by atoms with van der Waals surface area (Å²) in [5, 5.41) is 21.0. The number of benzene rings is 3. The average molecular weight is 347 g/mol. The topological polar surface area (TPSA) is 43.7 Å². The molecule has 0 spiro atoms. The maximum atomic E-state index is 10.9. The summed E-state index contributed by atoms with van der Waals surface area (Å²) in [6, 6.07) is 29.5. The SMILES string of the molecule is OC[C@H]([C@H](O)c1ccccc1)N(Cc1ccccc1)Cc1ccccc1. The summed E-state index contributed by atoms with van der Waals surface area (Å²) in [6.07, 6.45) is -0.756. The van der Waals surface area contributed by atoms with E-state index in [1.807, 2.05) is 66.7 Å². The molecule has 0 aliphatic carbocycles. The Kier molecular flexibility index (Phi) is 6.56. The molecule has 0 radical (unpaired) electrons. The zero-order chi connectivity index (χ0) is 18.2. The van der Waals surface area contributed by atoms with Crippen molar-refractivity contribution >= 4 is 0 Å². The molecule has 26 heavy (non-hydrogen) atoms. The second-order valence-corrected chi connectivity index (χ2v) is 6.48. The molecule has 134 valence electrons. The third kappa shape index (κ3) is 4.79. The zero-order valence-electron chi connectivity index (χ0n) is 14.8. The molecule has 0 amide bonds. The van der Waals surface area contributed by atoms with Gasteiger partial charge in [0.2, 0.25) is 0 Å². The molecular weight excluding hydrogens is 322 g/mol. The molecular formula is C23H25NO2. The second-order valence-electron chi connectivity index (χ2n) is 6.48. The van der Waals surface area contributed by atoms with Gasteiger partial charge in [0.25, 0.3) is 0 Å². The lowest BCUT2D eigenvalue weighted by Crippen LogP contribution is -2.41.